The number of likely N-dealkylation sites (N-methyl/N-ethyl adjacent to an activating group) is 1. The smallest absolute Gasteiger partial charge is 0.246 e. The Balaban J connectivity index is 2.39. The van der Waals surface area contributed by atoms with E-state index in [1.54, 1.807) is 24.9 Å². The van der Waals surface area contributed by atoms with Gasteiger partial charge in [-0.25, -0.2) is 0 Å². The van der Waals surface area contributed by atoms with Crippen LogP contribution in [0.1, 0.15) is 12.5 Å². The Morgan fingerprint density at radius 3 is 2.80 bits per heavy atom. The second-order valence-corrected chi connectivity index (χ2v) is 4.90. The largest absolute Gasteiger partial charge is 0.445 e. The second kappa shape index (κ2) is 3.87. The average molecular weight is 267 g/mol. The lowest BCUT2D eigenvalue weighted by molar-refractivity contribution is -0.120. The van der Waals surface area contributed by atoms with Crippen LogP contribution in [0.4, 0.5) is 5.69 Å². The SMILES string of the molecule is CC1=CC2(C(=O)N(C)c3ccccc32)C(C#N)=C(N)O1. The van der Waals surface area contributed by atoms with Crippen LogP contribution in [0.3, 0.4) is 0 Å². The van der Waals surface area contributed by atoms with Crippen molar-refractivity contribution >= 4 is 11.6 Å². The van der Waals surface area contributed by atoms with Gasteiger partial charge in [-0.05, 0) is 19.1 Å². The van der Waals surface area contributed by atoms with Gasteiger partial charge in [0.05, 0.1) is 0 Å². The maximum absolute atomic E-state index is 12.8. The summed E-state index contributed by atoms with van der Waals surface area (Å²) in [6.07, 6.45) is 1.67. The molecule has 0 saturated heterocycles. The first-order valence-electron chi connectivity index (χ1n) is 6.17. The molecule has 1 unspecified atom stereocenters. The van der Waals surface area contributed by atoms with Gasteiger partial charge in [0, 0.05) is 18.3 Å². The first-order valence-corrected chi connectivity index (χ1v) is 6.17. The molecule has 100 valence electrons. The zero-order valence-electron chi connectivity index (χ0n) is 11.2. The van der Waals surface area contributed by atoms with Gasteiger partial charge in [0.1, 0.15) is 22.8 Å². The van der Waals surface area contributed by atoms with Crippen molar-refractivity contribution < 1.29 is 9.53 Å². The predicted molar refractivity (Wildman–Crippen MR) is 73.2 cm³/mol. The van der Waals surface area contributed by atoms with Gasteiger partial charge < -0.3 is 15.4 Å². The molecule has 0 aromatic heterocycles. The van der Waals surface area contributed by atoms with Crippen molar-refractivity contribution in [3.05, 3.63) is 53.1 Å². The number of carbonyl (C=O) groups excluding carboxylic acids is 1. The number of hydrogen-bond acceptors (Lipinski definition) is 4. The predicted octanol–water partition coefficient (Wildman–Crippen LogP) is 1.53. The molecule has 20 heavy (non-hydrogen) atoms. The van der Waals surface area contributed by atoms with Gasteiger partial charge in [0.25, 0.3) is 0 Å². The third kappa shape index (κ3) is 1.28. The third-order valence-electron chi connectivity index (χ3n) is 3.78. The zero-order chi connectivity index (χ0) is 14.5. The maximum atomic E-state index is 12.8. The van der Waals surface area contributed by atoms with Crippen molar-refractivity contribution in [2.45, 2.75) is 12.3 Å². The van der Waals surface area contributed by atoms with Crippen molar-refractivity contribution in [1.29, 1.82) is 5.26 Å². The number of nitrogens with two attached hydrogens (primary N) is 1. The molecule has 0 bridgehead atoms. The molecule has 0 saturated carbocycles. The first-order chi connectivity index (χ1) is 9.52. The molecule has 1 aromatic rings. The maximum Gasteiger partial charge on any atom is 0.246 e. The van der Waals surface area contributed by atoms with Gasteiger partial charge in [-0.3, -0.25) is 4.79 Å². The molecule has 5 nitrogen and oxygen atoms in total. The minimum absolute atomic E-state index is 0.00838. The summed E-state index contributed by atoms with van der Waals surface area (Å²) in [7, 11) is 1.69. The molecular weight excluding hydrogens is 254 g/mol. The summed E-state index contributed by atoms with van der Waals surface area (Å²) in [4.78, 5) is 14.3. The summed E-state index contributed by atoms with van der Waals surface area (Å²) in [6, 6.07) is 9.43. The quantitative estimate of drug-likeness (QED) is 0.773. The Morgan fingerprint density at radius 1 is 1.40 bits per heavy atom. The number of benzene rings is 1. The minimum atomic E-state index is -1.16. The number of rotatable bonds is 0. The summed E-state index contributed by atoms with van der Waals surface area (Å²) in [5, 5.41) is 9.44. The molecule has 2 aliphatic heterocycles. The number of ether oxygens (including phenoxy) is 1. The summed E-state index contributed by atoms with van der Waals surface area (Å²) in [5.41, 5.74) is 6.35. The number of carbonyl (C=O) groups is 1. The summed E-state index contributed by atoms with van der Waals surface area (Å²) < 4.78 is 5.30. The van der Waals surface area contributed by atoms with Crippen LogP contribution in [-0.2, 0) is 14.9 Å². The van der Waals surface area contributed by atoms with Crippen molar-refractivity contribution in [2.75, 3.05) is 11.9 Å². The number of fused-ring (bicyclic) bond motifs is 2. The van der Waals surface area contributed by atoms with E-state index in [-0.39, 0.29) is 17.4 Å². The molecule has 5 heteroatoms. The van der Waals surface area contributed by atoms with E-state index in [1.165, 1.54) is 0 Å². The van der Waals surface area contributed by atoms with Crippen molar-refractivity contribution in [2.24, 2.45) is 5.73 Å². The number of nitriles is 1. The number of anilines is 1. The molecule has 0 fully saturated rings. The molecule has 2 aliphatic rings. The number of hydrogen-bond donors (Lipinski definition) is 1. The molecule has 2 N–H and O–H groups in total. The van der Waals surface area contributed by atoms with Crippen LogP contribution in [0, 0.1) is 11.3 Å². The monoisotopic (exact) mass is 267 g/mol. The van der Waals surface area contributed by atoms with Crippen LogP contribution in [0.25, 0.3) is 0 Å². The molecule has 1 aromatic carbocycles. The van der Waals surface area contributed by atoms with Crippen LogP contribution in [0.15, 0.2) is 47.6 Å². The van der Waals surface area contributed by atoms with E-state index in [9.17, 15) is 10.1 Å². The van der Waals surface area contributed by atoms with Crippen molar-refractivity contribution in [3.63, 3.8) is 0 Å². The number of nitrogens with zero attached hydrogens (tertiary/aromatic N) is 2. The fourth-order valence-corrected chi connectivity index (χ4v) is 2.94. The van der Waals surface area contributed by atoms with E-state index >= 15 is 0 Å². The molecule has 1 atom stereocenters. The Kier molecular flexibility index (Phi) is 2.38. The van der Waals surface area contributed by atoms with Gasteiger partial charge in [0.15, 0.2) is 0 Å². The van der Waals surface area contributed by atoms with Gasteiger partial charge in [0.2, 0.25) is 11.8 Å². The van der Waals surface area contributed by atoms with Crippen molar-refractivity contribution in [3.8, 4) is 6.07 Å². The topological polar surface area (TPSA) is 79.4 Å². The van der Waals surface area contributed by atoms with Gasteiger partial charge in [-0.2, -0.15) is 5.26 Å². The van der Waals surface area contributed by atoms with Gasteiger partial charge in [-0.1, -0.05) is 18.2 Å². The van der Waals surface area contributed by atoms with Crippen LogP contribution in [-0.4, -0.2) is 13.0 Å². The van der Waals surface area contributed by atoms with Crippen LogP contribution >= 0.6 is 0 Å². The molecule has 1 amide bonds. The highest BCUT2D eigenvalue weighted by atomic mass is 16.5. The highest BCUT2D eigenvalue weighted by Crippen LogP contribution is 2.49. The molecule has 2 heterocycles. The summed E-state index contributed by atoms with van der Waals surface area (Å²) in [6.45, 7) is 1.72. The van der Waals surface area contributed by atoms with E-state index in [2.05, 4.69) is 0 Å². The van der Waals surface area contributed by atoms with E-state index in [4.69, 9.17) is 10.5 Å². The Hall–Kier alpha value is -2.74. The van der Waals surface area contributed by atoms with Crippen LogP contribution < -0.4 is 10.6 Å². The number of para-hydroxylation sites is 1. The van der Waals surface area contributed by atoms with Crippen LogP contribution in [0.5, 0.6) is 0 Å². The normalized spacial score (nSPS) is 24.4. The van der Waals surface area contributed by atoms with E-state index in [1.807, 2.05) is 30.3 Å². The lowest BCUT2D eigenvalue weighted by atomic mass is 9.74. The molecule has 0 radical (unpaired) electrons. The Bertz CT molecular complexity index is 727. The minimum Gasteiger partial charge on any atom is -0.445 e. The van der Waals surface area contributed by atoms with E-state index in [0.29, 0.717) is 5.76 Å². The van der Waals surface area contributed by atoms with E-state index in [0.717, 1.165) is 11.3 Å². The zero-order valence-corrected chi connectivity index (χ0v) is 11.2. The lowest BCUT2D eigenvalue weighted by Crippen LogP contribution is -2.41. The first kappa shape index (κ1) is 12.3. The lowest BCUT2D eigenvalue weighted by Gasteiger charge is -2.29. The molecule has 0 aliphatic carbocycles. The highest BCUT2D eigenvalue weighted by Gasteiger charge is 2.54. The van der Waals surface area contributed by atoms with Gasteiger partial charge in [-0.15, -0.1) is 0 Å². The third-order valence-corrected chi connectivity index (χ3v) is 3.78. The number of amides is 1. The average Bonchev–Trinajstić information content (AvgIpc) is 2.63. The Labute approximate surface area is 116 Å². The Morgan fingerprint density at radius 2 is 2.10 bits per heavy atom. The summed E-state index contributed by atoms with van der Waals surface area (Å²) in [5.74, 6) is 0.312. The number of allylic oxidation sites excluding steroid dienone is 1. The van der Waals surface area contributed by atoms with Crippen molar-refractivity contribution in [1.82, 2.24) is 0 Å². The molecule has 3 rings (SSSR count). The molecule has 1 spiro atoms. The molecular formula is C15H13N3O2. The fraction of sp³-hybridized carbons (Fsp3) is 0.200. The fourth-order valence-electron chi connectivity index (χ4n) is 2.94. The summed E-state index contributed by atoms with van der Waals surface area (Å²) >= 11 is 0. The van der Waals surface area contributed by atoms with Gasteiger partial charge >= 0.3 is 0 Å². The van der Waals surface area contributed by atoms with Crippen LogP contribution in [0.2, 0.25) is 0 Å². The highest BCUT2D eigenvalue weighted by molar-refractivity contribution is 6.12. The second-order valence-electron chi connectivity index (χ2n) is 4.90. The standard InChI is InChI=1S/C15H13N3O2/c1-9-7-15(11(8-16)13(17)20-9)10-5-3-4-6-12(10)18(2)14(15)19/h3-7H,17H2,1-2H3. The van der Waals surface area contributed by atoms with E-state index < -0.39 is 5.41 Å².